The van der Waals surface area contributed by atoms with Gasteiger partial charge in [0.25, 0.3) is 0 Å². The number of aliphatic carboxylic acids is 1. The highest BCUT2D eigenvalue weighted by Gasteiger charge is 2.47. The Bertz CT molecular complexity index is 631. The Morgan fingerprint density at radius 2 is 2.10 bits per heavy atom. The van der Waals surface area contributed by atoms with Crippen molar-refractivity contribution in [1.82, 2.24) is 4.31 Å². The summed E-state index contributed by atoms with van der Waals surface area (Å²) in [5.41, 5.74) is -0.992. The summed E-state index contributed by atoms with van der Waals surface area (Å²) < 4.78 is 26.3. The SMILES string of the molecule is CCC1(C(=O)O)CCN(S(=O)(=O)c2ccccc2Cl)C1. The molecule has 1 saturated heterocycles. The standard InChI is InChI=1S/C13H16ClNO4S/c1-2-13(12(16)17)7-8-15(9-13)20(18,19)11-6-4-3-5-10(11)14/h3-6H,2,7-9H2,1H3,(H,16,17). The van der Waals surface area contributed by atoms with Gasteiger partial charge in [0.2, 0.25) is 10.0 Å². The molecule has 0 aromatic heterocycles. The predicted octanol–water partition coefficient (Wildman–Crippen LogP) is 2.22. The van der Waals surface area contributed by atoms with Crippen molar-refractivity contribution in [2.24, 2.45) is 5.41 Å². The van der Waals surface area contributed by atoms with Gasteiger partial charge in [-0.2, -0.15) is 4.31 Å². The van der Waals surface area contributed by atoms with Gasteiger partial charge in [-0.05, 0) is 25.0 Å². The van der Waals surface area contributed by atoms with E-state index in [0.29, 0.717) is 12.8 Å². The molecule has 110 valence electrons. The lowest BCUT2D eigenvalue weighted by Crippen LogP contribution is -2.36. The van der Waals surface area contributed by atoms with E-state index in [1.807, 2.05) is 0 Å². The molecule has 0 radical (unpaired) electrons. The van der Waals surface area contributed by atoms with Crippen LogP contribution in [0.25, 0.3) is 0 Å². The van der Waals surface area contributed by atoms with Gasteiger partial charge in [0.05, 0.1) is 10.4 Å². The fourth-order valence-corrected chi connectivity index (χ4v) is 4.47. The highest BCUT2D eigenvalue weighted by Crippen LogP contribution is 2.37. The van der Waals surface area contributed by atoms with Crippen LogP contribution in [-0.2, 0) is 14.8 Å². The molecule has 7 heteroatoms. The average molecular weight is 318 g/mol. The number of hydrogen-bond donors (Lipinski definition) is 1. The molecule has 5 nitrogen and oxygen atoms in total. The van der Waals surface area contributed by atoms with E-state index in [1.54, 1.807) is 19.1 Å². The lowest BCUT2D eigenvalue weighted by molar-refractivity contribution is -0.148. The monoisotopic (exact) mass is 317 g/mol. The van der Waals surface area contributed by atoms with Crippen molar-refractivity contribution in [1.29, 1.82) is 0 Å². The van der Waals surface area contributed by atoms with Crippen molar-refractivity contribution >= 4 is 27.6 Å². The summed E-state index contributed by atoms with van der Waals surface area (Å²) in [7, 11) is -3.75. The van der Waals surface area contributed by atoms with Crippen LogP contribution < -0.4 is 0 Å². The van der Waals surface area contributed by atoms with Crippen LogP contribution in [-0.4, -0.2) is 36.9 Å². The van der Waals surface area contributed by atoms with Crippen LogP contribution in [0.15, 0.2) is 29.2 Å². The first-order valence-corrected chi connectivity index (χ1v) is 8.13. The molecule has 1 aliphatic heterocycles. The van der Waals surface area contributed by atoms with Crippen LogP contribution in [0.5, 0.6) is 0 Å². The Kier molecular flexibility index (Phi) is 4.09. The van der Waals surface area contributed by atoms with Gasteiger partial charge in [-0.1, -0.05) is 30.7 Å². The largest absolute Gasteiger partial charge is 0.481 e. The molecule has 0 saturated carbocycles. The fraction of sp³-hybridized carbons (Fsp3) is 0.462. The number of carboxylic acid groups (broad SMARTS) is 1. The summed E-state index contributed by atoms with van der Waals surface area (Å²) in [6.07, 6.45) is 0.722. The second-order valence-corrected chi connectivity index (χ2v) is 7.27. The van der Waals surface area contributed by atoms with Gasteiger partial charge in [-0.25, -0.2) is 8.42 Å². The summed E-state index contributed by atoms with van der Waals surface area (Å²) in [4.78, 5) is 11.4. The third-order valence-corrected chi connectivity index (χ3v) is 6.25. The van der Waals surface area contributed by atoms with E-state index >= 15 is 0 Å². The summed E-state index contributed by atoms with van der Waals surface area (Å²) >= 11 is 5.93. The zero-order chi connectivity index (χ0) is 15.0. The quantitative estimate of drug-likeness (QED) is 0.924. The molecular formula is C13H16ClNO4S. The molecular weight excluding hydrogens is 302 g/mol. The number of rotatable bonds is 4. The summed E-state index contributed by atoms with van der Waals surface area (Å²) in [5.74, 6) is -0.947. The van der Waals surface area contributed by atoms with E-state index in [0.717, 1.165) is 0 Å². The maximum absolute atomic E-state index is 12.5. The van der Waals surface area contributed by atoms with E-state index in [4.69, 9.17) is 11.6 Å². The summed E-state index contributed by atoms with van der Waals surface area (Å²) in [6.45, 7) is 1.96. The van der Waals surface area contributed by atoms with Crippen molar-refractivity contribution in [2.75, 3.05) is 13.1 Å². The van der Waals surface area contributed by atoms with E-state index < -0.39 is 21.4 Å². The molecule has 1 atom stereocenters. The molecule has 0 amide bonds. The van der Waals surface area contributed by atoms with Gasteiger partial charge in [0.15, 0.2) is 0 Å². The molecule has 2 rings (SSSR count). The zero-order valence-corrected chi connectivity index (χ0v) is 12.6. The Morgan fingerprint density at radius 3 is 2.60 bits per heavy atom. The zero-order valence-electron chi connectivity index (χ0n) is 11.0. The average Bonchev–Trinajstić information content (AvgIpc) is 2.85. The number of nitrogens with zero attached hydrogens (tertiary/aromatic N) is 1. The van der Waals surface area contributed by atoms with E-state index in [2.05, 4.69) is 0 Å². The molecule has 20 heavy (non-hydrogen) atoms. The van der Waals surface area contributed by atoms with Gasteiger partial charge < -0.3 is 5.11 Å². The van der Waals surface area contributed by atoms with Crippen molar-refractivity contribution in [3.63, 3.8) is 0 Å². The topological polar surface area (TPSA) is 74.7 Å². The van der Waals surface area contributed by atoms with E-state index in [1.165, 1.54) is 16.4 Å². The number of carboxylic acids is 1. The van der Waals surface area contributed by atoms with Crippen LogP contribution >= 0.6 is 11.6 Å². The number of benzene rings is 1. The van der Waals surface area contributed by atoms with Crippen LogP contribution in [0, 0.1) is 5.41 Å². The minimum absolute atomic E-state index is 0.00755. The van der Waals surface area contributed by atoms with Crippen molar-refractivity contribution in [2.45, 2.75) is 24.7 Å². The van der Waals surface area contributed by atoms with Crippen LogP contribution in [0.2, 0.25) is 5.02 Å². The van der Waals surface area contributed by atoms with Gasteiger partial charge >= 0.3 is 5.97 Å². The van der Waals surface area contributed by atoms with Crippen molar-refractivity contribution in [3.8, 4) is 0 Å². The highest BCUT2D eigenvalue weighted by atomic mass is 35.5. The first-order valence-electron chi connectivity index (χ1n) is 6.31. The molecule has 0 bridgehead atoms. The Balaban J connectivity index is 2.35. The minimum Gasteiger partial charge on any atom is -0.481 e. The van der Waals surface area contributed by atoms with Gasteiger partial charge in [-0.15, -0.1) is 0 Å². The normalized spacial score (nSPS) is 23.9. The summed E-state index contributed by atoms with van der Waals surface area (Å²) in [6, 6.07) is 6.19. The van der Waals surface area contributed by atoms with E-state index in [9.17, 15) is 18.3 Å². The molecule has 1 N–H and O–H groups in total. The maximum atomic E-state index is 12.5. The molecule has 1 unspecified atom stereocenters. The molecule has 1 aliphatic rings. The third-order valence-electron chi connectivity index (χ3n) is 3.90. The number of hydrogen-bond acceptors (Lipinski definition) is 3. The molecule has 1 heterocycles. The minimum atomic E-state index is -3.75. The molecule has 1 aromatic rings. The number of sulfonamides is 1. The first kappa shape index (κ1) is 15.3. The maximum Gasteiger partial charge on any atom is 0.311 e. The Hall–Kier alpha value is -1.11. The molecule has 0 spiro atoms. The second kappa shape index (κ2) is 5.35. The Morgan fingerprint density at radius 1 is 1.45 bits per heavy atom. The lowest BCUT2D eigenvalue weighted by Gasteiger charge is -2.23. The molecule has 1 aromatic carbocycles. The lowest BCUT2D eigenvalue weighted by atomic mass is 9.85. The Labute approximate surface area is 123 Å². The van der Waals surface area contributed by atoms with Crippen LogP contribution in [0.3, 0.4) is 0 Å². The number of halogens is 1. The molecule has 1 fully saturated rings. The first-order chi connectivity index (χ1) is 9.33. The van der Waals surface area contributed by atoms with Crippen LogP contribution in [0.1, 0.15) is 19.8 Å². The number of carbonyl (C=O) groups is 1. The van der Waals surface area contributed by atoms with Gasteiger partial charge in [0.1, 0.15) is 4.90 Å². The molecule has 0 aliphatic carbocycles. The fourth-order valence-electron chi connectivity index (χ4n) is 2.45. The van der Waals surface area contributed by atoms with Crippen LogP contribution in [0.4, 0.5) is 0 Å². The summed E-state index contributed by atoms with van der Waals surface area (Å²) in [5, 5.41) is 9.47. The second-order valence-electron chi connectivity index (χ2n) is 4.96. The van der Waals surface area contributed by atoms with E-state index in [-0.39, 0.29) is 23.0 Å². The highest BCUT2D eigenvalue weighted by molar-refractivity contribution is 7.89. The van der Waals surface area contributed by atoms with Crippen molar-refractivity contribution < 1.29 is 18.3 Å². The van der Waals surface area contributed by atoms with Gasteiger partial charge in [0, 0.05) is 13.1 Å². The van der Waals surface area contributed by atoms with Gasteiger partial charge in [-0.3, -0.25) is 4.79 Å². The van der Waals surface area contributed by atoms with Crippen molar-refractivity contribution in [3.05, 3.63) is 29.3 Å². The predicted molar refractivity (Wildman–Crippen MR) is 75.2 cm³/mol. The smallest absolute Gasteiger partial charge is 0.311 e. The third kappa shape index (κ3) is 2.43.